The lowest BCUT2D eigenvalue weighted by Crippen LogP contribution is -2.59. The van der Waals surface area contributed by atoms with Crippen LogP contribution in [0.25, 0.3) is 0 Å². The summed E-state index contributed by atoms with van der Waals surface area (Å²) in [5, 5.41) is 0. The van der Waals surface area contributed by atoms with Crippen molar-refractivity contribution in [2.75, 3.05) is 7.11 Å². The van der Waals surface area contributed by atoms with Crippen molar-refractivity contribution < 1.29 is 14.3 Å². The third-order valence-corrected chi connectivity index (χ3v) is 5.77. The highest BCUT2D eigenvalue weighted by atomic mass is 16.6. The summed E-state index contributed by atoms with van der Waals surface area (Å²) in [6, 6.07) is 8.04. The largest absolute Gasteiger partial charge is 0.496 e. The van der Waals surface area contributed by atoms with Gasteiger partial charge in [0.2, 0.25) is 0 Å². The topological polar surface area (TPSA) is 61.5 Å². The molecule has 4 nitrogen and oxygen atoms in total. The van der Waals surface area contributed by atoms with Crippen LogP contribution in [0.3, 0.4) is 0 Å². The number of methoxy groups -OCH3 is 1. The minimum absolute atomic E-state index is 0.0587. The molecule has 1 unspecified atom stereocenters. The van der Waals surface area contributed by atoms with Gasteiger partial charge in [-0.15, -0.1) is 0 Å². The van der Waals surface area contributed by atoms with E-state index in [4.69, 9.17) is 15.2 Å². The van der Waals surface area contributed by atoms with Crippen LogP contribution in [-0.2, 0) is 9.53 Å². The summed E-state index contributed by atoms with van der Waals surface area (Å²) in [4.78, 5) is 12.9. The van der Waals surface area contributed by atoms with E-state index in [1.165, 1.54) is 0 Å². The maximum atomic E-state index is 12.9. The fourth-order valence-corrected chi connectivity index (χ4v) is 4.39. The molecule has 2 N–H and O–H groups in total. The van der Waals surface area contributed by atoms with Gasteiger partial charge in [-0.3, -0.25) is 4.79 Å². The number of esters is 1. The van der Waals surface area contributed by atoms with Gasteiger partial charge in [0.05, 0.1) is 12.5 Å². The summed E-state index contributed by atoms with van der Waals surface area (Å²) < 4.78 is 11.3. The van der Waals surface area contributed by atoms with Crippen molar-refractivity contribution in [3.05, 3.63) is 29.8 Å². The molecule has 0 radical (unpaired) electrons. The predicted molar refractivity (Wildman–Crippen MR) is 94.0 cm³/mol. The molecule has 0 heterocycles. The molecule has 2 bridgehead atoms. The van der Waals surface area contributed by atoms with Crippen molar-refractivity contribution in [1.29, 1.82) is 0 Å². The van der Waals surface area contributed by atoms with E-state index in [2.05, 4.69) is 6.07 Å². The van der Waals surface area contributed by atoms with Gasteiger partial charge in [-0.25, -0.2) is 0 Å². The van der Waals surface area contributed by atoms with Crippen LogP contribution in [0, 0.1) is 5.41 Å². The van der Waals surface area contributed by atoms with Crippen LogP contribution in [0.1, 0.15) is 64.4 Å². The quantitative estimate of drug-likeness (QED) is 0.856. The van der Waals surface area contributed by atoms with Gasteiger partial charge >= 0.3 is 5.97 Å². The molecule has 1 atom stereocenters. The molecular weight excluding hydrogens is 302 g/mol. The Morgan fingerprint density at radius 2 is 1.79 bits per heavy atom. The zero-order valence-corrected chi connectivity index (χ0v) is 15.2. The summed E-state index contributed by atoms with van der Waals surface area (Å²) in [5.74, 6) is 0.930. The average Bonchev–Trinajstić information content (AvgIpc) is 2.53. The average molecular weight is 331 g/mol. The first kappa shape index (κ1) is 17.3. The molecule has 0 aromatic heterocycles. The summed E-state index contributed by atoms with van der Waals surface area (Å²) >= 11 is 0. The number of nitrogens with two attached hydrogens (primary N) is 1. The van der Waals surface area contributed by atoms with Crippen molar-refractivity contribution in [2.45, 2.75) is 69.9 Å². The van der Waals surface area contributed by atoms with Crippen LogP contribution < -0.4 is 10.5 Å². The molecule has 4 heteroatoms. The molecule has 3 fully saturated rings. The Bertz CT molecular complexity index is 624. The van der Waals surface area contributed by atoms with Gasteiger partial charge in [0.1, 0.15) is 11.4 Å². The van der Waals surface area contributed by atoms with E-state index < -0.39 is 11.0 Å². The number of ether oxygens (including phenoxy) is 2. The summed E-state index contributed by atoms with van der Waals surface area (Å²) in [6.45, 7) is 5.79. The van der Waals surface area contributed by atoms with Crippen LogP contribution in [0.2, 0.25) is 0 Å². The number of fused-ring (bicyclic) bond motifs is 3. The highest BCUT2D eigenvalue weighted by Crippen LogP contribution is 2.59. The van der Waals surface area contributed by atoms with Crippen molar-refractivity contribution in [2.24, 2.45) is 11.1 Å². The van der Waals surface area contributed by atoms with Crippen LogP contribution in [0.5, 0.6) is 5.75 Å². The number of hydrogen-bond donors (Lipinski definition) is 1. The molecule has 3 saturated carbocycles. The molecule has 0 saturated heterocycles. The minimum Gasteiger partial charge on any atom is -0.496 e. The maximum Gasteiger partial charge on any atom is 0.312 e. The van der Waals surface area contributed by atoms with Crippen LogP contribution in [0.4, 0.5) is 0 Å². The molecular formula is C20H29NO3. The lowest BCUT2D eigenvalue weighted by molar-refractivity contribution is -0.175. The van der Waals surface area contributed by atoms with Gasteiger partial charge in [0.25, 0.3) is 0 Å². The Balaban J connectivity index is 1.93. The predicted octanol–water partition coefficient (Wildman–Crippen LogP) is 3.78. The first-order valence-corrected chi connectivity index (χ1v) is 8.84. The summed E-state index contributed by atoms with van der Waals surface area (Å²) in [7, 11) is 1.69. The molecule has 4 rings (SSSR count). The monoisotopic (exact) mass is 331 g/mol. The molecule has 3 aliphatic carbocycles. The summed E-state index contributed by atoms with van der Waals surface area (Å²) in [6.07, 6.45) is 4.11. The Morgan fingerprint density at radius 3 is 2.38 bits per heavy atom. The second kappa shape index (κ2) is 5.76. The zero-order chi connectivity index (χ0) is 17.6. The molecule has 0 aliphatic heterocycles. The third-order valence-electron chi connectivity index (χ3n) is 5.77. The van der Waals surface area contributed by atoms with Gasteiger partial charge in [-0.1, -0.05) is 18.2 Å². The van der Waals surface area contributed by atoms with E-state index in [1.807, 2.05) is 39.0 Å². The fourth-order valence-electron chi connectivity index (χ4n) is 4.39. The number of rotatable bonds is 3. The van der Waals surface area contributed by atoms with E-state index in [9.17, 15) is 4.79 Å². The Kier molecular flexibility index (Phi) is 4.15. The molecule has 132 valence electrons. The van der Waals surface area contributed by atoms with Crippen molar-refractivity contribution in [3.8, 4) is 5.75 Å². The van der Waals surface area contributed by atoms with Crippen LogP contribution in [0.15, 0.2) is 24.3 Å². The molecule has 3 aliphatic rings. The molecule has 1 aromatic carbocycles. The fraction of sp³-hybridized carbons (Fsp3) is 0.650. The van der Waals surface area contributed by atoms with Gasteiger partial charge in [-0.05, 0) is 64.5 Å². The van der Waals surface area contributed by atoms with E-state index in [1.54, 1.807) is 7.11 Å². The first-order valence-electron chi connectivity index (χ1n) is 8.84. The normalized spacial score (nSPS) is 32.5. The summed E-state index contributed by atoms with van der Waals surface area (Å²) in [5.41, 5.74) is 6.78. The van der Waals surface area contributed by atoms with Crippen molar-refractivity contribution >= 4 is 5.97 Å². The van der Waals surface area contributed by atoms with Crippen molar-refractivity contribution in [1.82, 2.24) is 0 Å². The standard InChI is InChI=1S/C20H29NO3/c1-18(2,3)24-17(22)19-9-11-20(21,12-10-19)15(13-19)14-7-5-6-8-16(14)23-4/h5-8,15H,9-13,21H2,1-4H3. The van der Waals surface area contributed by atoms with Gasteiger partial charge in [0.15, 0.2) is 0 Å². The van der Waals surface area contributed by atoms with Gasteiger partial charge < -0.3 is 15.2 Å². The number of carbonyl (C=O) groups excluding carboxylic acids is 1. The highest BCUT2D eigenvalue weighted by Gasteiger charge is 2.57. The van der Waals surface area contributed by atoms with E-state index in [0.717, 1.165) is 43.4 Å². The molecule has 0 spiro atoms. The second-order valence-corrected chi connectivity index (χ2v) is 8.51. The van der Waals surface area contributed by atoms with E-state index in [-0.39, 0.29) is 17.4 Å². The van der Waals surface area contributed by atoms with Gasteiger partial charge in [0, 0.05) is 11.5 Å². The number of para-hydroxylation sites is 1. The Morgan fingerprint density at radius 1 is 1.17 bits per heavy atom. The zero-order valence-electron chi connectivity index (χ0n) is 15.2. The van der Waals surface area contributed by atoms with Gasteiger partial charge in [-0.2, -0.15) is 0 Å². The highest BCUT2D eigenvalue weighted by molar-refractivity contribution is 5.78. The Hall–Kier alpha value is -1.55. The SMILES string of the molecule is COc1ccccc1C1CC2(C(=O)OC(C)(C)C)CCC1(N)CC2. The number of carbonyl (C=O) groups is 1. The third kappa shape index (κ3) is 2.92. The lowest BCUT2D eigenvalue weighted by Gasteiger charge is -2.55. The first-order chi connectivity index (χ1) is 11.2. The molecule has 1 aromatic rings. The Labute approximate surface area is 144 Å². The van der Waals surface area contributed by atoms with E-state index in [0.29, 0.717) is 0 Å². The smallest absolute Gasteiger partial charge is 0.312 e. The lowest BCUT2D eigenvalue weighted by atomic mass is 9.51. The minimum atomic E-state index is -0.458. The van der Waals surface area contributed by atoms with Crippen LogP contribution in [-0.4, -0.2) is 24.2 Å². The van der Waals surface area contributed by atoms with Crippen molar-refractivity contribution in [3.63, 3.8) is 0 Å². The second-order valence-electron chi connectivity index (χ2n) is 8.51. The maximum absolute atomic E-state index is 12.9. The van der Waals surface area contributed by atoms with Crippen LogP contribution >= 0.6 is 0 Å². The molecule has 0 amide bonds. The number of benzene rings is 1. The number of hydrogen-bond acceptors (Lipinski definition) is 4. The molecule has 24 heavy (non-hydrogen) atoms. The van der Waals surface area contributed by atoms with E-state index >= 15 is 0 Å².